The van der Waals surface area contributed by atoms with E-state index in [0.29, 0.717) is 31.2 Å². The number of hydrogen-bond acceptors (Lipinski definition) is 3. The monoisotopic (exact) mass is 251 g/mol. The Kier molecular flexibility index (Phi) is 6.92. The van der Waals surface area contributed by atoms with E-state index in [9.17, 15) is 8.78 Å². The fourth-order valence-electron chi connectivity index (χ4n) is 1.99. The molecule has 1 aliphatic heterocycles. The van der Waals surface area contributed by atoms with Crippen LogP contribution in [0.1, 0.15) is 26.7 Å². The molecule has 1 N–H and O–H groups in total. The first-order chi connectivity index (χ1) is 8.09. The Morgan fingerprint density at radius 2 is 2.18 bits per heavy atom. The van der Waals surface area contributed by atoms with Crippen molar-refractivity contribution in [1.29, 1.82) is 0 Å². The van der Waals surface area contributed by atoms with Gasteiger partial charge in [0, 0.05) is 19.2 Å². The van der Waals surface area contributed by atoms with Crippen molar-refractivity contribution in [2.75, 3.05) is 26.4 Å². The fraction of sp³-hybridized carbons (Fsp3) is 1.00. The molecule has 17 heavy (non-hydrogen) atoms. The molecular formula is C12H23F2NO2. The third-order valence-corrected chi connectivity index (χ3v) is 2.98. The van der Waals surface area contributed by atoms with Crippen LogP contribution >= 0.6 is 0 Å². The van der Waals surface area contributed by atoms with E-state index in [2.05, 4.69) is 19.2 Å². The molecule has 0 aliphatic carbocycles. The van der Waals surface area contributed by atoms with Gasteiger partial charge in [0.25, 0.3) is 6.43 Å². The van der Waals surface area contributed by atoms with Crippen LogP contribution in [-0.4, -0.2) is 44.9 Å². The predicted molar refractivity (Wildman–Crippen MR) is 62.4 cm³/mol. The van der Waals surface area contributed by atoms with E-state index in [1.807, 2.05) is 0 Å². The molecule has 2 atom stereocenters. The first kappa shape index (κ1) is 14.8. The molecule has 1 aliphatic rings. The van der Waals surface area contributed by atoms with Gasteiger partial charge in [0.2, 0.25) is 0 Å². The molecule has 0 spiro atoms. The van der Waals surface area contributed by atoms with E-state index in [1.165, 1.54) is 0 Å². The smallest absolute Gasteiger partial charge is 0.261 e. The minimum absolute atomic E-state index is 0.309. The lowest BCUT2D eigenvalue weighted by atomic mass is 9.95. The molecule has 0 aromatic heterocycles. The lowest BCUT2D eigenvalue weighted by molar-refractivity contribution is -0.0264. The van der Waals surface area contributed by atoms with Crippen molar-refractivity contribution in [2.45, 2.75) is 45.3 Å². The Morgan fingerprint density at radius 1 is 1.41 bits per heavy atom. The summed E-state index contributed by atoms with van der Waals surface area (Å²) in [5.74, 6) is 0.523. The number of hydrogen-bond donors (Lipinski definition) is 1. The highest BCUT2D eigenvalue weighted by molar-refractivity contribution is 4.78. The van der Waals surface area contributed by atoms with Gasteiger partial charge in [-0.3, -0.25) is 0 Å². The Balaban J connectivity index is 2.06. The summed E-state index contributed by atoms with van der Waals surface area (Å²) in [5, 5.41) is 3.33. The third kappa shape index (κ3) is 6.29. The molecule has 0 amide bonds. The summed E-state index contributed by atoms with van der Waals surface area (Å²) in [4.78, 5) is 0. The lowest BCUT2D eigenvalue weighted by Crippen LogP contribution is -2.42. The molecular weight excluding hydrogens is 228 g/mol. The standard InChI is InChI=1S/C12H23F2NO2/c1-9(2)11-7-10(3-5-17-11)15-4-6-16-8-12(13)14/h9-12,15H,3-8H2,1-2H3. The van der Waals surface area contributed by atoms with Gasteiger partial charge in [0.15, 0.2) is 0 Å². The molecule has 5 heteroatoms. The fourth-order valence-corrected chi connectivity index (χ4v) is 1.99. The number of halogens is 2. The van der Waals surface area contributed by atoms with Crippen LogP contribution in [0.25, 0.3) is 0 Å². The van der Waals surface area contributed by atoms with Crippen LogP contribution in [0, 0.1) is 5.92 Å². The SMILES string of the molecule is CC(C)C1CC(NCCOCC(F)F)CCO1. The highest BCUT2D eigenvalue weighted by Crippen LogP contribution is 2.19. The second-order valence-corrected chi connectivity index (χ2v) is 4.79. The van der Waals surface area contributed by atoms with Crippen LogP contribution in [0.3, 0.4) is 0 Å². The van der Waals surface area contributed by atoms with Crippen molar-refractivity contribution in [1.82, 2.24) is 5.32 Å². The summed E-state index contributed by atoms with van der Waals surface area (Å²) in [6, 6.07) is 0.422. The number of nitrogens with one attached hydrogen (secondary N) is 1. The van der Waals surface area contributed by atoms with Gasteiger partial charge in [-0.1, -0.05) is 13.8 Å². The summed E-state index contributed by atoms with van der Waals surface area (Å²) in [5.41, 5.74) is 0. The first-order valence-electron chi connectivity index (χ1n) is 6.30. The van der Waals surface area contributed by atoms with Crippen molar-refractivity contribution in [3.05, 3.63) is 0 Å². The minimum Gasteiger partial charge on any atom is -0.378 e. The van der Waals surface area contributed by atoms with Gasteiger partial charge < -0.3 is 14.8 Å². The van der Waals surface area contributed by atoms with Gasteiger partial charge in [0.1, 0.15) is 6.61 Å². The molecule has 0 aromatic carbocycles. The van der Waals surface area contributed by atoms with Crippen molar-refractivity contribution in [3.63, 3.8) is 0 Å². The molecule has 1 rings (SSSR count). The zero-order valence-corrected chi connectivity index (χ0v) is 10.6. The zero-order chi connectivity index (χ0) is 12.7. The topological polar surface area (TPSA) is 30.5 Å². The Morgan fingerprint density at radius 3 is 2.82 bits per heavy atom. The highest BCUT2D eigenvalue weighted by Gasteiger charge is 2.24. The predicted octanol–water partition coefficient (Wildman–Crippen LogP) is 2.06. The molecule has 3 nitrogen and oxygen atoms in total. The molecule has 0 radical (unpaired) electrons. The molecule has 102 valence electrons. The van der Waals surface area contributed by atoms with Crippen LogP contribution in [0.15, 0.2) is 0 Å². The van der Waals surface area contributed by atoms with E-state index < -0.39 is 13.0 Å². The molecule has 1 heterocycles. The van der Waals surface area contributed by atoms with Crippen LogP contribution in [-0.2, 0) is 9.47 Å². The first-order valence-corrected chi connectivity index (χ1v) is 6.30. The van der Waals surface area contributed by atoms with Crippen molar-refractivity contribution >= 4 is 0 Å². The van der Waals surface area contributed by atoms with E-state index in [0.717, 1.165) is 19.4 Å². The van der Waals surface area contributed by atoms with Crippen LogP contribution in [0.2, 0.25) is 0 Å². The summed E-state index contributed by atoms with van der Waals surface area (Å²) < 4.78 is 34.1. The van der Waals surface area contributed by atoms with Crippen LogP contribution in [0.5, 0.6) is 0 Å². The normalized spacial score (nSPS) is 25.8. The maximum absolute atomic E-state index is 11.8. The summed E-state index contributed by atoms with van der Waals surface area (Å²) in [7, 11) is 0. The van der Waals surface area contributed by atoms with Gasteiger partial charge in [0.05, 0.1) is 12.7 Å². The molecule has 0 aromatic rings. The van der Waals surface area contributed by atoms with Gasteiger partial charge in [-0.25, -0.2) is 8.78 Å². The van der Waals surface area contributed by atoms with E-state index in [4.69, 9.17) is 9.47 Å². The highest BCUT2D eigenvalue weighted by atomic mass is 19.3. The maximum Gasteiger partial charge on any atom is 0.261 e. The Bertz CT molecular complexity index is 203. The summed E-state index contributed by atoms with van der Waals surface area (Å²) >= 11 is 0. The number of ether oxygens (including phenoxy) is 2. The van der Waals surface area contributed by atoms with Gasteiger partial charge in [-0.05, 0) is 18.8 Å². The average Bonchev–Trinajstić information content (AvgIpc) is 2.28. The molecule has 2 unspecified atom stereocenters. The quantitative estimate of drug-likeness (QED) is 0.703. The molecule has 1 saturated heterocycles. The van der Waals surface area contributed by atoms with Crippen molar-refractivity contribution in [3.8, 4) is 0 Å². The van der Waals surface area contributed by atoms with Gasteiger partial charge in [-0.15, -0.1) is 0 Å². The van der Waals surface area contributed by atoms with Crippen LogP contribution in [0.4, 0.5) is 8.78 Å². The van der Waals surface area contributed by atoms with Gasteiger partial charge in [-0.2, -0.15) is 0 Å². The lowest BCUT2D eigenvalue weighted by Gasteiger charge is -2.32. The summed E-state index contributed by atoms with van der Waals surface area (Å²) in [6.07, 6.45) is -0.0865. The molecule has 0 bridgehead atoms. The van der Waals surface area contributed by atoms with E-state index in [-0.39, 0.29) is 0 Å². The number of rotatable bonds is 7. The Labute approximate surface area is 102 Å². The summed E-state index contributed by atoms with van der Waals surface area (Å²) in [6.45, 7) is 5.58. The number of alkyl halides is 2. The van der Waals surface area contributed by atoms with E-state index in [1.54, 1.807) is 0 Å². The third-order valence-electron chi connectivity index (χ3n) is 2.98. The average molecular weight is 251 g/mol. The van der Waals surface area contributed by atoms with E-state index >= 15 is 0 Å². The largest absolute Gasteiger partial charge is 0.378 e. The van der Waals surface area contributed by atoms with Crippen molar-refractivity contribution < 1.29 is 18.3 Å². The van der Waals surface area contributed by atoms with Crippen LogP contribution < -0.4 is 5.32 Å². The van der Waals surface area contributed by atoms with Gasteiger partial charge >= 0.3 is 0 Å². The second kappa shape index (κ2) is 7.95. The minimum atomic E-state index is -2.37. The second-order valence-electron chi connectivity index (χ2n) is 4.79. The zero-order valence-electron chi connectivity index (χ0n) is 10.6. The maximum atomic E-state index is 11.8. The van der Waals surface area contributed by atoms with Crippen molar-refractivity contribution in [2.24, 2.45) is 5.92 Å². The molecule has 0 saturated carbocycles. The Hall–Kier alpha value is -0.260. The molecule has 1 fully saturated rings.